The fourth-order valence-electron chi connectivity index (χ4n) is 3.01. The normalized spacial score (nSPS) is 21.4. The van der Waals surface area contributed by atoms with Crippen LogP contribution in [0.2, 0.25) is 0 Å². The molecule has 1 amide bonds. The first-order valence-electron chi connectivity index (χ1n) is 8.64. The van der Waals surface area contributed by atoms with E-state index in [2.05, 4.69) is 10.1 Å². The molecule has 134 valence electrons. The van der Waals surface area contributed by atoms with Gasteiger partial charge in [-0.1, -0.05) is 38.1 Å². The van der Waals surface area contributed by atoms with Gasteiger partial charge in [-0.3, -0.25) is 4.79 Å². The SMILES string of the molecule is C[C@@H]1CN(C(=O)c2ccccc2-c2nc(C(C)(C)C)no2)C[C@H](C)O1. The predicted octanol–water partition coefficient (Wildman–Crippen LogP) is 3.28. The smallest absolute Gasteiger partial charge is 0.258 e. The Kier molecular flexibility index (Phi) is 4.64. The van der Waals surface area contributed by atoms with E-state index in [4.69, 9.17) is 9.26 Å². The van der Waals surface area contributed by atoms with Crippen LogP contribution in [-0.2, 0) is 10.2 Å². The third-order valence-electron chi connectivity index (χ3n) is 4.19. The molecule has 1 aromatic carbocycles. The van der Waals surface area contributed by atoms with Gasteiger partial charge in [-0.2, -0.15) is 4.98 Å². The van der Waals surface area contributed by atoms with Crippen molar-refractivity contribution in [3.05, 3.63) is 35.7 Å². The standard InChI is InChI=1S/C19H25N3O3/c1-12-10-22(11-13(2)24-12)17(23)15-9-7-6-8-14(15)16-20-18(21-25-16)19(3,4)5/h6-9,12-13H,10-11H2,1-5H3/t12-,13+. The number of carbonyl (C=O) groups is 1. The molecular formula is C19H25N3O3. The molecule has 2 aromatic rings. The third-order valence-corrected chi connectivity index (χ3v) is 4.19. The summed E-state index contributed by atoms with van der Waals surface area (Å²) in [5.41, 5.74) is 1.03. The molecule has 0 unspecified atom stereocenters. The number of ether oxygens (including phenoxy) is 1. The van der Waals surface area contributed by atoms with Gasteiger partial charge in [0.05, 0.1) is 23.3 Å². The molecule has 2 atom stereocenters. The maximum atomic E-state index is 13.1. The Balaban J connectivity index is 1.93. The van der Waals surface area contributed by atoms with E-state index in [9.17, 15) is 4.79 Å². The molecule has 6 heteroatoms. The number of amides is 1. The quantitative estimate of drug-likeness (QED) is 0.837. The monoisotopic (exact) mass is 343 g/mol. The van der Waals surface area contributed by atoms with Crippen LogP contribution in [0, 0.1) is 0 Å². The zero-order valence-electron chi connectivity index (χ0n) is 15.4. The van der Waals surface area contributed by atoms with Gasteiger partial charge in [-0.15, -0.1) is 0 Å². The Morgan fingerprint density at radius 3 is 2.40 bits per heavy atom. The van der Waals surface area contributed by atoms with Crippen LogP contribution in [0.5, 0.6) is 0 Å². The molecule has 25 heavy (non-hydrogen) atoms. The first-order chi connectivity index (χ1) is 11.8. The van der Waals surface area contributed by atoms with E-state index in [0.717, 1.165) is 0 Å². The molecular weight excluding hydrogens is 318 g/mol. The van der Waals surface area contributed by atoms with E-state index in [1.165, 1.54) is 0 Å². The van der Waals surface area contributed by atoms with E-state index in [1.807, 2.05) is 63.8 Å². The van der Waals surface area contributed by atoms with Crippen molar-refractivity contribution >= 4 is 5.91 Å². The second-order valence-electron chi connectivity index (χ2n) is 7.69. The van der Waals surface area contributed by atoms with Crippen LogP contribution in [0.25, 0.3) is 11.5 Å². The highest BCUT2D eigenvalue weighted by molar-refractivity contribution is 6.00. The number of benzene rings is 1. The van der Waals surface area contributed by atoms with Crippen molar-refractivity contribution in [2.45, 2.75) is 52.2 Å². The minimum absolute atomic E-state index is 0.0239. The number of nitrogens with zero attached hydrogens (tertiary/aromatic N) is 3. The maximum Gasteiger partial charge on any atom is 0.258 e. The van der Waals surface area contributed by atoms with Crippen LogP contribution in [0.3, 0.4) is 0 Å². The molecule has 0 radical (unpaired) electrons. The van der Waals surface area contributed by atoms with Crippen molar-refractivity contribution < 1.29 is 14.1 Å². The molecule has 0 spiro atoms. The third kappa shape index (κ3) is 3.74. The van der Waals surface area contributed by atoms with E-state index in [1.54, 1.807) is 0 Å². The first kappa shape index (κ1) is 17.6. The summed E-state index contributed by atoms with van der Waals surface area (Å²) < 4.78 is 11.2. The molecule has 2 heterocycles. The number of morpholine rings is 1. The Morgan fingerprint density at radius 2 is 1.80 bits per heavy atom. The lowest BCUT2D eigenvalue weighted by molar-refractivity contribution is -0.0586. The molecule has 0 bridgehead atoms. The summed E-state index contributed by atoms with van der Waals surface area (Å²) in [5.74, 6) is 0.967. The van der Waals surface area contributed by atoms with Gasteiger partial charge >= 0.3 is 0 Å². The minimum Gasteiger partial charge on any atom is -0.372 e. The summed E-state index contributed by atoms with van der Waals surface area (Å²) >= 11 is 0. The molecule has 3 rings (SSSR count). The summed E-state index contributed by atoms with van der Waals surface area (Å²) in [6, 6.07) is 7.38. The van der Waals surface area contributed by atoms with Crippen molar-refractivity contribution in [2.75, 3.05) is 13.1 Å². The molecule has 1 fully saturated rings. The fraction of sp³-hybridized carbons (Fsp3) is 0.526. The Labute approximate surface area is 148 Å². The van der Waals surface area contributed by atoms with Gasteiger partial charge in [-0.05, 0) is 26.0 Å². The van der Waals surface area contributed by atoms with Crippen molar-refractivity contribution in [3.63, 3.8) is 0 Å². The van der Waals surface area contributed by atoms with Crippen LogP contribution in [-0.4, -0.2) is 46.2 Å². The molecule has 0 aliphatic carbocycles. The summed E-state index contributed by atoms with van der Waals surface area (Å²) in [4.78, 5) is 19.4. The van der Waals surface area contributed by atoms with Crippen molar-refractivity contribution in [2.24, 2.45) is 0 Å². The van der Waals surface area contributed by atoms with Gasteiger partial charge in [0.25, 0.3) is 11.8 Å². The lowest BCUT2D eigenvalue weighted by Crippen LogP contribution is -2.48. The molecule has 6 nitrogen and oxygen atoms in total. The molecule has 1 aliphatic heterocycles. The molecule has 0 saturated carbocycles. The Bertz CT molecular complexity index is 753. The average Bonchev–Trinajstić information content (AvgIpc) is 3.03. The van der Waals surface area contributed by atoms with E-state index in [-0.39, 0.29) is 23.5 Å². The van der Waals surface area contributed by atoms with Gasteiger partial charge in [0.2, 0.25) is 0 Å². The zero-order valence-corrected chi connectivity index (χ0v) is 15.4. The fourth-order valence-corrected chi connectivity index (χ4v) is 3.01. The van der Waals surface area contributed by atoms with E-state index in [0.29, 0.717) is 35.9 Å². The second kappa shape index (κ2) is 6.59. The zero-order chi connectivity index (χ0) is 18.2. The summed E-state index contributed by atoms with van der Waals surface area (Å²) in [5, 5.41) is 4.07. The van der Waals surface area contributed by atoms with Gasteiger partial charge in [0.15, 0.2) is 5.82 Å². The van der Waals surface area contributed by atoms with Crippen LogP contribution < -0.4 is 0 Å². The van der Waals surface area contributed by atoms with E-state index >= 15 is 0 Å². The Morgan fingerprint density at radius 1 is 1.16 bits per heavy atom. The van der Waals surface area contributed by atoms with Gasteiger partial charge in [0, 0.05) is 18.5 Å². The van der Waals surface area contributed by atoms with Gasteiger partial charge < -0.3 is 14.2 Å². The van der Waals surface area contributed by atoms with Gasteiger partial charge in [-0.25, -0.2) is 0 Å². The number of rotatable bonds is 2. The van der Waals surface area contributed by atoms with Crippen LogP contribution in [0.4, 0.5) is 0 Å². The number of aromatic nitrogens is 2. The van der Waals surface area contributed by atoms with E-state index < -0.39 is 0 Å². The lowest BCUT2D eigenvalue weighted by Gasteiger charge is -2.35. The summed E-state index contributed by atoms with van der Waals surface area (Å²) in [7, 11) is 0. The van der Waals surface area contributed by atoms with Crippen LogP contribution >= 0.6 is 0 Å². The summed E-state index contributed by atoms with van der Waals surface area (Å²) in [6.07, 6.45) is 0.0477. The number of carbonyl (C=O) groups excluding carboxylic acids is 1. The average molecular weight is 343 g/mol. The van der Waals surface area contributed by atoms with Crippen LogP contribution in [0.15, 0.2) is 28.8 Å². The summed E-state index contributed by atoms with van der Waals surface area (Å²) in [6.45, 7) is 11.2. The second-order valence-corrected chi connectivity index (χ2v) is 7.69. The number of hydrogen-bond donors (Lipinski definition) is 0. The molecule has 1 saturated heterocycles. The van der Waals surface area contributed by atoms with Crippen molar-refractivity contribution in [3.8, 4) is 11.5 Å². The minimum atomic E-state index is -0.213. The lowest BCUT2D eigenvalue weighted by atomic mass is 9.96. The highest BCUT2D eigenvalue weighted by Gasteiger charge is 2.29. The highest BCUT2D eigenvalue weighted by Crippen LogP contribution is 2.27. The predicted molar refractivity (Wildman–Crippen MR) is 94.3 cm³/mol. The molecule has 0 N–H and O–H groups in total. The maximum absolute atomic E-state index is 13.1. The first-order valence-corrected chi connectivity index (χ1v) is 8.64. The van der Waals surface area contributed by atoms with Crippen molar-refractivity contribution in [1.82, 2.24) is 15.0 Å². The topological polar surface area (TPSA) is 68.5 Å². The molecule has 1 aromatic heterocycles. The van der Waals surface area contributed by atoms with Crippen molar-refractivity contribution in [1.29, 1.82) is 0 Å². The largest absolute Gasteiger partial charge is 0.372 e. The van der Waals surface area contributed by atoms with Gasteiger partial charge in [0.1, 0.15) is 0 Å². The van der Waals surface area contributed by atoms with Crippen LogP contribution in [0.1, 0.15) is 50.8 Å². The highest BCUT2D eigenvalue weighted by atomic mass is 16.5. The number of hydrogen-bond acceptors (Lipinski definition) is 5. The Hall–Kier alpha value is -2.21. The molecule has 1 aliphatic rings.